The van der Waals surface area contributed by atoms with Crippen molar-refractivity contribution >= 4 is 65.2 Å². The number of rotatable bonds is 11. The van der Waals surface area contributed by atoms with Crippen molar-refractivity contribution in [1.82, 2.24) is 10.3 Å². The maximum atomic E-state index is 13.8. The average molecular weight is 870 g/mol. The molecule has 2 aromatic rings. The molecule has 2 amide bonds. The van der Waals surface area contributed by atoms with Crippen molar-refractivity contribution in [3.63, 3.8) is 0 Å². The zero-order chi connectivity index (χ0) is 42.2. The summed E-state index contributed by atoms with van der Waals surface area (Å²) in [5.74, 6) is -4.88. The van der Waals surface area contributed by atoms with E-state index in [1.54, 1.807) is 13.0 Å². The largest absolute Gasteiger partial charge is 0.542 e. The number of aromatic nitrogens is 1. The van der Waals surface area contributed by atoms with Crippen LogP contribution in [0.1, 0.15) is 97.8 Å². The second-order valence-corrected chi connectivity index (χ2v) is 15.0. The number of aromatic carboxylic acids is 2. The van der Waals surface area contributed by atoms with Gasteiger partial charge in [-0.2, -0.15) is 13.2 Å². The maximum Gasteiger partial charge on any atom is 0.430 e. The third kappa shape index (κ3) is 13.4. The number of amidine groups is 1. The van der Waals surface area contributed by atoms with Crippen LogP contribution < -0.4 is 20.7 Å². The molecule has 306 valence electrons. The van der Waals surface area contributed by atoms with Crippen LogP contribution in [-0.4, -0.2) is 69.8 Å². The van der Waals surface area contributed by atoms with E-state index >= 15 is 0 Å². The Morgan fingerprint density at radius 2 is 1.51 bits per heavy atom. The summed E-state index contributed by atoms with van der Waals surface area (Å²) in [7, 11) is 0. The number of thioether (sulfide) groups is 1. The number of halogens is 3. The number of carboxylic acid groups (broad SMARTS) is 3. The minimum Gasteiger partial charge on any atom is -0.542 e. The van der Waals surface area contributed by atoms with Crippen molar-refractivity contribution in [2.75, 3.05) is 11.1 Å². The molecule has 0 saturated heterocycles. The van der Waals surface area contributed by atoms with E-state index in [2.05, 4.69) is 41.4 Å². The summed E-state index contributed by atoms with van der Waals surface area (Å²) in [6, 6.07) is 3.88. The molecule has 1 aromatic carbocycles. The molecule has 1 aliphatic carbocycles. The molecule has 57 heavy (non-hydrogen) atoms. The fourth-order valence-electron chi connectivity index (χ4n) is 6.42. The van der Waals surface area contributed by atoms with Crippen LogP contribution in [0, 0.1) is 31.6 Å². The van der Waals surface area contributed by atoms with Gasteiger partial charge in [0.2, 0.25) is 5.91 Å². The molecule has 0 bridgehead atoms. The Morgan fingerprint density at radius 3 is 2.00 bits per heavy atom. The summed E-state index contributed by atoms with van der Waals surface area (Å²) >= 11 is 1.24. The van der Waals surface area contributed by atoms with Gasteiger partial charge in [-0.3, -0.25) is 9.59 Å². The van der Waals surface area contributed by atoms with Gasteiger partial charge >= 0.3 is 24.1 Å². The average Bonchev–Trinajstić information content (AvgIpc) is 3.53. The van der Waals surface area contributed by atoms with Crippen LogP contribution in [0.3, 0.4) is 0 Å². The van der Waals surface area contributed by atoms with Crippen LogP contribution in [0.5, 0.6) is 0 Å². The summed E-state index contributed by atoms with van der Waals surface area (Å²) in [6.07, 6.45) is -1.43. The molecule has 1 fully saturated rings. The van der Waals surface area contributed by atoms with Gasteiger partial charge in [0.15, 0.2) is 0 Å². The molecule has 2 aliphatic rings. The van der Waals surface area contributed by atoms with Crippen molar-refractivity contribution in [2.24, 2.45) is 22.7 Å². The normalized spacial score (nSPS) is 19.8. The minimum atomic E-state index is -5.19. The second kappa shape index (κ2) is 20.6. The number of amides is 2. The van der Waals surface area contributed by atoms with Crippen molar-refractivity contribution in [3.05, 3.63) is 63.0 Å². The molecular formula is C38H43F3N4O10SZn-2. The molecular weight excluding hydrogens is 827 g/mol. The monoisotopic (exact) mass is 868 g/mol. The Balaban J connectivity index is 0.00000128. The number of carboxylic acids is 3. The molecule has 4 rings (SSSR count). The summed E-state index contributed by atoms with van der Waals surface area (Å²) < 4.78 is 37.7. The predicted octanol–water partition coefficient (Wildman–Crippen LogP) is 5.28. The van der Waals surface area contributed by atoms with E-state index in [9.17, 15) is 47.4 Å². The van der Waals surface area contributed by atoms with Crippen LogP contribution in [0.2, 0.25) is 0 Å². The van der Waals surface area contributed by atoms with Crippen LogP contribution in [0.4, 0.5) is 19.0 Å². The molecule has 0 radical (unpaired) electrons. The molecule has 4 N–H and O–H groups in total. The molecule has 14 nitrogen and oxygen atoms in total. The van der Waals surface area contributed by atoms with Gasteiger partial charge in [0.25, 0.3) is 0 Å². The van der Waals surface area contributed by atoms with Gasteiger partial charge in [0, 0.05) is 30.8 Å². The first-order valence-electron chi connectivity index (χ1n) is 17.5. The summed E-state index contributed by atoms with van der Waals surface area (Å²) in [5, 5.41) is 33.0. The number of carbonyl (C=O) groups is 6. The van der Waals surface area contributed by atoms with Crippen LogP contribution in [0.15, 0.2) is 44.9 Å². The number of esters is 1. The number of anilines is 1. The van der Waals surface area contributed by atoms with Crippen molar-refractivity contribution < 1.29 is 81.5 Å². The van der Waals surface area contributed by atoms with E-state index in [1.807, 2.05) is 13.8 Å². The molecule has 0 spiro atoms. The standard InChI is InChI=1S/C36H44N4O8S.C2HF3O2.Zn/c1-17-11-18(2)31(19(3)12-17)48-36(47)30-22(6)28(16-27-20(4)21(5)32(38-27)37-23(7)41)39-33(30)40-29(42)9-8-10-49-26-14-24(34(43)44)13-25(15-26)35(45)46;3-2(4,5)1(6)7;/h13-19,31H,8-12H2,1-7H3,(H5,37,38,39,40,41,42,43,44,45,46,47);(H,6,7);/p-2. The number of benzene rings is 1. The zero-order valence-electron chi connectivity index (χ0n) is 32.5. The van der Waals surface area contributed by atoms with E-state index in [0.717, 1.165) is 30.0 Å². The summed E-state index contributed by atoms with van der Waals surface area (Å²) in [6.45, 7) is 13.2. The topological polar surface area (TPSA) is 226 Å². The van der Waals surface area contributed by atoms with Gasteiger partial charge in [-0.1, -0.05) is 26.6 Å². The Labute approximate surface area is 343 Å². The quantitative estimate of drug-likeness (QED) is 0.0980. The number of carbonyl (C=O) groups excluding carboxylic acids is 4. The van der Waals surface area contributed by atoms with E-state index < -0.39 is 30.1 Å². The molecule has 1 aliphatic heterocycles. The molecule has 19 heteroatoms. The van der Waals surface area contributed by atoms with Gasteiger partial charge < -0.3 is 40.5 Å². The molecule has 2 unspecified atom stereocenters. The fourth-order valence-corrected chi connectivity index (χ4v) is 7.36. The van der Waals surface area contributed by atoms with Gasteiger partial charge in [-0.25, -0.2) is 19.4 Å². The number of nitrogens with one attached hydrogen (secondary N) is 2. The Bertz CT molecular complexity index is 1950. The number of hydrogen-bond donors (Lipinski definition) is 4. The Kier molecular flexibility index (Phi) is 17.5. The second-order valence-electron chi connectivity index (χ2n) is 13.8. The first kappa shape index (κ1) is 48.4. The predicted molar refractivity (Wildman–Crippen MR) is 198 cm³/mol. The first-order chi connectivity index (χ1) is 26.0. The molecule has 1 saturated carbocycles. The van der Waals surface area contributed by atoms with Crippen LogP contribution in [0.25, 0.3) is 6.08 Å². The summed E-state index contributed by atoms with van der Waals surface area (Å²) in [5.41, 5.74) is 3.06. The number of aliphatic carboxylic acids is 1. The molecule has 2 heterocycles. The number of nitrogens with zero attached hydrogens (tertiary/aromatic N) is 2. The zero-order valence-corrected chi connectivity index (χ0v) is 36.2. The number of alkyl halides is 3. The SMILES string of the molecule is CC(=O)Nc1[n-]c(/C=C2\N=C(NC(=O)CCCSc3cc(C(=O)O)cc(C(=O)O)c3)C(C(=O)OC3C(C)CC(C)CC3C)=C2C)c(C)c1C.O=C([O-])C(F)(F)F.[Zn]. The van der Waals surface area contributed by atoms with Gasteiger partial charge in [0.1, 0.15) is 29.4 Å². The van der Waals surface area contributed by atoms with Crippen molar-refractivity contribution in [1.29, 1.82) is 0 Å². The Morgan fingerprint density at radius 1 is 0.965 bits per heavy atom. The van der Waals surface area contributed by atoms with Crippen molar-refractivity contribution in [3.8, 4) is 0 Å². The molecule has 1 aromatic heterocycles. The van der Waals surface area contributed by atoms with Gasteiger partial charge in [-0.15, -0.1) is 11.8 Å². The number of aliphatic imine (C=N–C) groups is 1. The van der Waals surface area contributed by atoms with E-state index in [4.69, 9.17) is 14.6 Å². The van der Waals surface area contributed by atoms with Crippen LogP contribution >= 0.6 is 11.8 Å². The molecule has 2 atom stereocenters. The smallest absolute Gasteiger partial charge is 0.430 e. The van der Waals surface area contributed by atoms with Crippen molar-refractivity contribution in [2.45, 2.75) is 91.3 Å². The third-order valence-corrected chi connectivity index (χ3v) is 10.2. The fraction of sp³-hybridized carbons (Fsp3) is 0.447. The van der Waals surface area contributed by atoms with E-state index in [0.29, 0.717) is 45.8 Å². The van der Waals surface area contributed by atoms with E-state index in [-0.39, 0.29) is 78.2 Å². The van der Waals surface area contributed by atoms with Gasteiger partial charge in [-0.05, 0) is 117 Å². The van der Waals surface area contributed by atoms with Crippen LogP contribution in [-0.2, 0) is 43.4 Å². The third-order valence-electron chi connectivity index (χ3n) is 9.15. The maximum absolute atomic E-state index is 13.8. The number of ether oxygens (including phenoxy) is 1. The minimum absolute atomic E-state index is 0. The first-order valence-corrected chi connectivity index (χ1v) is 18.5. The number of hydrogen-bond acceptors (Lipinski definition) is 10. The van der Waals surface area contributed by atoms with E-state index in [1.165, 1.54) is 30.8 Å². The Hall–Kier alpha value is -4.77. The van der Waals surface area contributed by atoms with Gasteiger partial charge in [0.05, 0.1) is 16.8 Å². The number of allylic oxidation sites excluding steroid dienone is 1. The summed E-state index contributed by atoms with van der Waals surface area (Å²) in [4.78, 5) is 80.0.